The first-order chi connectivity index (χ1) is 9.97. The summed E-state index contributed by atoms with van der Waals surface area (Å²) in [5, 5.41) is 0. The van der Waals surface area contributed by atoms with Gasteiger partial charge in [-0.2, -0.15) is 0 Å². The first-order valence-electron chi connectivity index (χ1n) is 7.53. The molecule has 0 aliphatic rings. The predicted octanol–water partition coefficient (Wildman–Crippen LogP) is 5.22. The van der Waals surface area contributed by atoms with Gasteiger partial charge in [-0.05, 0) is 54.2 Å². The molecule has 0 heterocycles. The van der Waals surface area contributed by atoms with Crippen LogP contribution in [0.1, 0.15) is 48.1 Å². The van der Waals surface area contributed by atoms with E-state index >= 15 is 0 Å². The normalized spacial score (nSPS) is 12.7. The number of hydrogen-bond acceptors (Lipinski definition) is 2. The second kappa shape index (κ2) is 7.15. The highest BCUT2D eigenvalue weighted by Crippen LogP contribution is 2.26. The molecule has 1 nitrogen and oxygen atoms in total. The van der Waals surface area contributed by atoms with E-state index in [4.69, 9.17) is 5.73 Å². The topological polar surface area (TPSA) is 26.0 Å². The number of nitrogens with two attached hydrogens (primary N) is 1. The molecule has 0 spiro atoms. The summed E-state index contributed by atoms with van der Waals surface area (Å²) in [6, 6.07) is 15.4. The van der Waals surface area contributed by atoms with Crippen molar-refractivity contribution in [2.75, 3.05) is 5.75 Å². The molecule has 0 saturated carbocycles. The molecule has 2 aromatic carbocycles. The Kier molecular flexibility index (Phi) is 5.49. The molecule has 0 radical (unpaired) electrons. The van der Waals surface area contributed by atoms with E-state index < -0.39 is 0 Å². The SMILES string of the molecule is Cc1ccc(SCC(N)c2ccc(C(C)C)cc2)cc1C. The zero-order valence-electron chi connectivity index (χ0n) is 13.4. The molecule has 1 unspecified atom stereocenters. The Morgan fingerprint density at radius 1 is 0.905 bits per heavy atom. The molecule has 0 amide bonds. The maximum absolute atomic E-state index is 6.32. The van der Waals surface area contributed by atoms with Crippen molar-refractivity contribution in [1.82, 2.24) is 0 Å². The van der Waals surface area contributed by atoms with Crippen molar-refractivity contribution in [2.24, 2.45) is 5.73 Å². The molecule has 0 fully saturated rings. The van der Waals surface area contributed by atoms with Crippen LogP contribution in [0.4, 0.5) is 0 Å². The fourth-order valence-corrected chi connectivity index (χ4v) is 3.20. The fourth-order valence-electron chi connectivity index (χ4n) is 2.21. The van der Waals surface area contributed by atoms with Crippen molar-refractivity contribution >= 4 is 11.8 Å². The largest absolute Gasteiger partial charge is 0.323 e. The van der Waals surface area contributed by atoms with Gasteiger partial charge in [0.1, 0.15) is 0 Å². The fraction of sp³-hybridized carbons (Fsp3) is 0.368. The highest BCUT2D eigenvalue weighted by molar-refractivity contribution is 7.99. The molecule has 2 aromatic rings. The van der Waals surface area contributed by atoms with Crippen molar-refractivity contribution in [3.63, 3.8) is 0 Å². The maximum Gasteiger partial charge on any atom is 0.0390 e. The van der Waals surface area contributed by atoms with Crippen molar-refractivity contribution in [3.8, 4) is 0 Å². The Bertz CT molecular complexity index is 587. The van der Waals surface area contributed by atoms with Crippen LogP contribution in [0.2, 0.25) is 0 Å². The second-order valence-electron chi connectivity index (χ2n) is 5.98. The summed E-state index contributed by atoms with van der Waals surface area (Å²) in [6.45, 7) is 8.73. The zero-order valence-corrected chi connectivity index (χ0v) is 14.2. The molecule has 2 heteroatoms. The molecular weight excluding hydrogens is 274 g/mol. The van der Waals surface area contributed by atoms with Gasteiger partial charge in [0.25, 0.3) is 0 Å². The number of rotatable bonds is 5. The standard InChI is InChI=1S/C19H25NS/c1-13(2)16-6-8-17(9-7-16)19(20)12-21-18-10-5-14(3)15(4)11-18/h5-11,13,19H,12,20H2,1-4H3. The lowest BCUT2D eigenvalue weighted by Crippen LogP contribution is -2.13. The molecule has 21 heavy (non-hydrogen) atoms. The number of thioether (sulfide) groups is 1. The Morgan fingerprint density at radius 3 is 2.10 bits per heavy atom. The van der Waals surface area contributed by atoms with E-state index in [-0.39, 0.29) is 6.04 Å². The second-order valence-corrected chi connectivity index (χ2v) is 7.08. The number of aryl methyl sites for hydroxylation is 2. The lowest BCUT2D eigenvalue weighted by atomic mass is 10.00. The molecular formula is C19H25NS. The summed E-state index contributed by atoms with van der Waals surface area (Å²) in [5.41, 5.74) is 11.6. The van der Waals surface area contributed by atoms with Crippen molar-refractivity contribution in [1.29, 1.82) is 0 Å². The van der Waals surface area contributed by atoms with Crippen LogP contribution >= 0.6 is 11.8 Å². The Hall–Kier alpha value is -1.25. The molecule has 1 atom stereocenters. The van der Waals surface area contributed by atoms with Crippen molar-refractivity contribution in [2.45, 2.75) is 44.6 Å². The minimum Gasteiger partial charge on any atom is -0.323 e. The van der Waals surface area contributed by atoms with E-state index in [0.29, 0.717) is 5.92 Å². The number of hydrogen-bond donors (Lipinski definition) is 1. The molecule has 2 rings (SSSR count). The Morgan fingerprint density at radius 2 is 1.52 bits per heavy atom. The molecule has 0 saturated heterocycles. The van der Waals surface area contributed by atoms with E-state index in [9.17, 15) is 0 Å². The monoisotopic (exact) mass is 299 g/mol. The third kappa shape index (κ3) is 4.36. The van der Waals surface area contributed by atoms with Crippen LogP contribution in [0.5, 0.6) is 0 Å². The highest BCUT2D eigenvalue weighted by atomic mass is 32.2. The molecule has 0 aromatic heterocycles. The van der Waals surface area contributed by atoms with Gasteiger partial charge in [0.2, 0.25) is 0 Å². The lowest BCUT2D eigenvalue weighted by Gasteiger charge is -2.14. The summed E-state index contributed by atoms with van der Waals surface area (Å²) in [5.74, 6) is 1.48. The van der Waals surface area contributed by atoms with Gasteiger partial charge in [0, 0.05) is 16.7 Å². The third-order valence-corrected chi connectivity index (χ3v) is 5.05. The minimum absolute atomic E-state index is 0.0813. The molecule has 112 valence electrons. The van der Waals surface area contributed by atoms with Crippen LogP contribution in [0, 0.1) is 13.8 Å². The molecule has 0 aliphatic carbocycles. The van der Waals surface area contributed by atoms with Gasteiger partial charge in [-0.25, -0.2) is 0 Å². The molecule has 0 aliphatic heterocycles. The lowest BCUT2D eigenvalue weighted by molar-refractivity contribution is 0.822. The summed E-state index contributed by atoms with van der Waals surface area (Å²) in [7, 11) is 0. The van der Waals surface area contributed by atoms with E-state index in [1.165, 1.54) is 27.1 Å². The summed E-state index contributed by atoms with van der Waals surface area (Å²) < 4.78 is 0. The summed E-state index contributed by atoms with van der Waals surface area (Å²) in [4.78, 5) is 1.30. The van der Waals surface area contributed by atoms with Crippen LogP contribution in [-0.2, 0) is 0 Å². The van der Waals surface area contributed by atoms with E-state index in [0.717, 1.165) is 5.75 Å². The van der Waals surface area contributed by atoms with Gasteiger partial charge in [0.05, 0.1) is 0 Å². The van der Waals surface area contributed by atoms with Crippen LogP contribution in [0.3, 0.4) is 0 Å². The van der Waals surface area contributed by atoms with Crippen molar-refractivity contribution in [3.05, 3.63) is 64.7 Å². The maximum atomic E-state index is 6.32. The van der Waals surface area contributed by atoms with Crippen molar-refractivity contribution < 1.29 is 0 Å². The van der Waals surface area contributed by atoms with Gasteiger partial charge in [-0.1, -0.05) is 44.2 Å². The molecule has 2 N–H and O–H groups in total. The predicted molar refractivity (Wildman–Crippen MR) is 94.1 cm³/mol. The quantitative estimate of drug-likeness (QED) is 0.766. The van der Waals surface area contributed by atoms with Gasteiger partial charge in [-0.3, -0.25) is 0 Å². The van der Waals surface area contributed by atoms with Crippen LogP contribution in [-0.4, -0.2) is 5.75 Å². The Labute approximate surface area is 133 Å². The van der Waals surface area contributed by atoms with Gasteiger partial charge >= 0.3 is 0 Å². The van der Waals surface area contributed by atoms with Gasteiger partial charge in [-0.15, -0.1) is 11.8 Å². The summed E-state index contributed by atoms with van der Waals surface area (Å²) >= 11 is 1.83. The minimum atomic E-state index is 0.0813. The van der Waals surface area contributed by atoms with Gasteiger partial charge < -0.3 is 5.73 Å². The van der Waals surface area contributed by atoms with Gasteiger partial charge in [0.15, 0.2) is 0 Å². The molecule has 0 bridgehead atoms. The van der Waals surface area contributed by atoms with Crippen LogP contribution < -0.4 is 5.73 Å². The van der Waals surface area contributed by atoms with E-state index in [2.05, 4.69) is 70.2 Å². The summed E-state index contributed by atoms with van der Waals surface area (Å²) in [6.07, 6.45) is 0. The first-order valence-corrected chi connectivity index (χ1v) is 8.51. The van der Waals surface area contributed by atoms with E-state index in [1.807, 2.05) is 11.8 Å². The zero-order chi connectivity index (χ0) is 15.4. The Balaban J connectivity index is 1.97. The first kappa shape index (κ1) is 16.1. The number of benzene rings is 2. The average Bonchev–Trinajstić information content (AvgIpc) is 2.48. The van der Waals surface area contributed by atoms with E-state index in [1.54, 1.807) is 0 Å². The average molecular weight is 299 g/mol. The highest BCUT2D eigenvalue weighted by Gasteiger charge is 2.08. The third-order valence-electron chi connectivity index (χ3n) is 3.94. The van der Waals surface area contributed by atoms with Crippen LogP contribution in [0.25, 0.3) is 0 Å². The smallest absolute Gasteiger partial charge is 0.0390 e. The van der Waals surface area contributed by atoms with Crippen LogP contribution in [0.15, 0.2) is 47.4 Å².